The monoisotopic (exact) mass is 330 g/mol. The van der Waals surface area contributed by atoms with E-state index in [9.17, 15) is 4.79 Å². The van der Waals surface area contributed by atoms with Gasteiger partial charge >= 0.3 is 0 Å². The third-order valence-electron chi connectivity index (χ3n) is 4.16. The number of carbonyl (C=O) groups is 1. The zero-order chi connectivity index (χ0) is 17.9. The highest BCUT2D eigenvalue weighted by molar-refractivity contribution is 5.87. The number of likely N-dealkylation sites (N-methyl/N-ethyl adjacent to an activating group) is 1. The number of benzene rings is 1. The van der Waals surface area contributed by atoms with Crippen molar-refractivity contribution in [3.05, 3.63) is 35.4 Å². The quantitative estimate of drug-likeness (QED) is 0.658. The van der Waals surface area contributed by atoms with E-state index in [0.717, 1.165) is 12.4 Å². The molecule has 2 atom stereocenters. The number of amides is 1. The Kier molecular flexibility index (Phi) is 5.52. The van der Waals surface area contributed by atoms with Gasteiger partial charge in [0, 0.05) is 31.6 Å². The number of hydrogen-bond acceptors (Lipinski definition) is 2. The number of guanidine groups is 1. The molecule has 2 unspecified atom stereocenters. The van der Waals surface area contributed by atoms with E-state index in [-0.39, 0.29) is 11.4 Å². The molecule has 0 bridgehead atoms. The van der Waals surface area contributed by atoms with Crippen molar-refractivity contribution < 1.29 is 4.79 Å². The van der Waals surface area contributed by atoms with Gasteiger partial charge in [0.2, 0.25) is 5.91 Å². The van der Waals surface area contributed by atoms with Crippen molar-refractivity contribution in [2.24, 2.45) is 4.99 Å². The van der Waals surface area contributed by atoms with E-state index in [0.29, 0.717) is 18.5 Å². The summed E-state index contributed by atoms with van der Waals surface area (Å²) >= 11 is 0. The van der Waals surface area contributed by atoms with Crippen LogP contribution in [-0.2, 0) is 4.79 Å². The topological polar surface area (TPSA) is 56.7 Å². The van der Waals surface area contributed by atoms with Crippen LogP contribution >= 0.6 is 0 Å². The molecule has 1 fully saturated rings. The lowest BCUT2D eigenvalue weighted by atomic mass is 10.0. The Morgan fingerprint density at radius 1 is 1.33 bits per heavy atom. The third-order valence-corrected chi connectivity index (χ3v) is 4.16. The van der Waals surface area contributed by atoms with Crippen LogP contribution in [0, 0.1) is 6.92 Å². The first-order chi connectivity index (χ1) is 11.2. The molecule has 0 saturated heterocycles. The lowest BCUT2D eigenvalue weighted by Gasteiger charge is -2.25. The molecule has 2 N–H and O–H groups in total. The molecule has 1 aromatic carbocycles. The molecule has 1 aromatic rings. The molecule has 0 aliphatic heterocycles. The molecule has 2 rings (SSSR count). The second kappa shape index (κ2) is 7.24. The summed E-state index contributed by atoms with van der Waals surface area (Å²) in [5.41, 5.74) is 2.51. The van der Waals surface area contributed by atoms with Gasteiger partial charge in [0.05, 0.1) is 6.54 Å². The van der Waals surface area contributed by atoms with Gasteiger partial charge < -0.3 is 15.5 Å². The summed E-state index contributed by atoms with van der Waals surface area (Å²) in [6.45, 7) is 8.39. The van der Waals surface area contributed by atoms with Gasteiger partial charge in [-0.3, -0.25) is 9.79 Å². The standard InChI is InChI=1S/C19H30N4O/c1-13-9-7-8-10-14(13)15-11-16(15)21-18(20-5)23(6)12-17(24)22-19(2,3)4/h7-10,15-16H,11-12H2,1-6H3,(H,20,21)(H,22,24). The van der Waals surface area contributed by atoms with Crippen LogP contribution in [0.3, 0.4) is 0 Å². The minimum absolute atomic E-state index is 0.000740. The molecule has 5 heteroatoms. The zero-order valence-electron chi connectivity index (χ0n) is 15.7. The number of aryl methyl sites for hydroxylation is 1. The van der Waals surface area contributed by atoms with Gasteiger partial charge in [-0.1, -0.05) is 24.3 Å². The molecule has 1 aliphatic rings. The van der Waals surface area contributed by atoms with Gasteiger partial charge in [0.25, 0.3) is 0 Å². The maximum atomic E-state index is 12.1. The van der Waals surface area contributed by atoms with E-state index < -0.39 is 0 Å². The van der Waals surface area contributed by atoms with Crippen LogP contribution in [0.1, 0.15) is 44.2 Å². The van der Waals surface area contributed by atoms with Crippen LogP contribution in [0.25, 0.3) is 0 Å². The van der Waals surface area contributed by atoms with Gasteiger partial charge in [0.15, 0.2) is 5.96 Å². The van der Waals surface area contributed by atoms with Crippen molar-refractivity contribution in [3.63, 3.8) is 0 Å². The molecule has 1 saturated carbocycles. The van der Waals surface area contributed by atoms with Crippen molar-refractivity contribution in [1.29, 1.82) is 0 Å². The first-order valence-electron chi connectivity index (χ1n) is 8.52. The third kappa shape index (κ3) is 4.98. The van der Waals surface area contributed by atoms with Crippen molar-refractivity contribution in [2.45, 2.75) is 51.6 Å². The number of carbonyl (C=O) groups excluding carboxylic acids is 1. The highest BCUT2D eigenvalue weighted by atomic mass is 16.2. The van der Waals surface area contributed by atoms with Gasteiger partial charge in [-0.2, -0.15) is 0 Å². The van der Waals surface area contributed by atoms with Gasteiger partial charge in [-0.05, 0) is 45.2 Å². The summed E-state index contributed by atoms with van der Waals surface area (Å²) < 4.78 is 0. The molecule has 0 heterocycles. The lowest BCUT2D eigenvalue weighted by Crippen LogP contribution is -2.49. The van der Waals surface area contributed by atoms with Crippen LogP contribution in [0.4, 0.5) is 0 Å². The normalized spacial score (nSPS) is 20.5. The van der Waals surface area contributed by atoms with E-state index in [1.165, 1.54) is 11.1 Å². The van der Waals surface area contributed by atoms with Gasteiger partial charge in [-0.15, -0.1) is 0 Å². The van der Waals surface area contributed by atoms with Crippen molar-refractivity contribution in [3.8, 4) is 0 Å². The van der Waals surface area contributed by atoms with Crippen LogP contribution in [0.5, 0.6) is 0 Å². The average molecular weight is 330 g/mol. The smallest absolute Gasteiger partial charge is 0.240 e. The summed E-state index contributed by atoms with van der Waals surface area (Å²) in [5.74, 6) is 1.29. The fourth-order valence-electron chi connectivity index (χ4n) is 2.96. The SMILES string of the molecule is CN=C(NC1CC1c1ccccc1C)N(C)CC(=O)NC(C)(C)C. The average Bonchev–Trinajstić information content (AvgIpc) is 3.22. The summed E-state index contributed by atoms with van der Waals surface area (Å²) in [7, 11) is 3.65. The number of rotatable bonds is 4. The van der Waals surface area contributed by atoms with Crippen LogP contribution < -0.4 is 10.6 Å². The van der Waals surface area contributed by atoms with Crippen LogP contribution in [0.2, 0.25) is 0 Å². The second-order valence-corrected chi connectivity index (χ2v) is 7.65. The Balaban J connectivity index is 1.89. The summed E-state index contributed by atoms with van der Waals surface area (Å²) in [4.78, 5) is 18.3. The lowest BCUT2D eigenvalue weighted by molar-refractivity contribution is -0.122. The Bertz CT molecular complexity index is 618. The Morgan fingerprint density at radius 2 is 2.00 bits per heavy atom. The summed E-state index contributed by atoms with van der Waals surface area (Å²) in [6, 6.07) is 8.91. The van der Waals surface area contributed by atoms with Crippen molar-refractivity contribution in [1.82, 2.24) is 15.5 Å². The molecule has 5 nitrogen and oxygen atoms in total. The number of aliphatic imine (C=N–C) groups is 1. The molecular formula is C19H30N4O. The highest BCUT2D eigenvalue weighted by Gasteiger charge is 2.40. The molecular weight excluding hydrogens is 300 g/mol. The van der Waals surface area contributed by atoms with Crippen molar-refractivity contribution >= 4 is 11.9 Å². The maximum Gasteiger partial charge on any atom is 0.240 e. The predicted molar refractivity (Wildman–Crippen MR) is 99.3 cm³/mol. The highest BCUT2D eigenvalue weighted by Crippen LogP contribution is 2.42. The number of hydrogen-bond donors (Lipinski definition) is 2. The number of nitrogens with zero attached hydrogens (tertiary/aromatic N) is 2. The summed E-state index contributed by atoms with van der Waals surface area (Å²) in [5, 5.41) is 6.46. The molecule has 1 amide bonds. The molecule has 1 aliphatic carbocycles. The molecule has 0 aromatic heterocycles. The van der Waals surface area contributed by atoms with Crippen molar-refractivity contribution in [2.75, 3.05) is 20.6 Å². The molecule has 0 radical (unpaired) electrons. The Morgan fingerprint density at radius 3 is 2.58 bits per heavy atom. The van der Waals surface area contributed by atoms with Gasteiger partial charge in [-0.25, -0.2) is 0 Å². The van der Waals surface area contributed by atoms with E-state index in [1.807, 2.05) is 32.7 Å². The zero-order valence-corrected chi connectivity index (χ0v) is 15.7. The largest absolute Gasteiger partial charge is 0.353 e. The van der Waals surface area contributed by atoms with E-state index in [4.69, 9.17) is 0 Å². The van der Waals surface area contributed by atoms with Crippen LogP contribution in [0.15, 0.2) is 29.3 Å². The first kappa shape index (κ1) is 18.3. The fraction of sp³-hybridized carbons (Fsp3) is 0.579. The molecule has 132 valence electrons. The summed E-state index contributed by atoms with van der Waals surface area (Å²) in [6.07, 6.45) is 1.10. The van der Waals surface area contributed by atoms with Crippen LogP contribution in [-0.4, -0.2) is 49.0 Å². The van der Waals surface area contributed by atoms with E-state index >= 15 is 0 Å². The van der Waals surface area contributed by atoms with Gasteiger partial charge in [0.1, 0.15) is 0 Å². The minimum atomic E-state index is -0.221. The molecule has 24 heavy (non-hydrogen) atoms. The van der Waals surface area contributed by atoms with E-state index in [2.05, 4.69) is 46.8 Å². The maximum absolute atomic E-state index is 12.1. The minimum Gasteiger partial charge on any atom is -0.353 e. The Labute approximate surface area is 145 Å². The molecule has 0 spiro atoms. The predicted octanol–water partition coefficient (Wildman–Crippen LogP) is 2.27. The number of nitrogens with one attached hydrogen (secondary N) is 2. The first-order valence-corrected chi connectivity index (χ1v) is 8.52. The second-order valence-electron chi connectivity index (χ2n) is 7.65. The van der Waals surface area contributed by atoms with E-state index in [1.54, 1.807) is 7.05 Å². The fourth-order valence-corrected chi connectivity index (χ4v) is 2.96. The Hall–Kier alpha value is -2.04.